The van der Waals surface area contributed by atoms with Crippen LogP contribution in [-0.2, 0) is 16.1 Å². The number of carbonyl (C=O) groups is 1. The van der Waals surface area contributed by atoms with Crippen molar-refractivity contribution < 1.29 is 14.3 Å². The highest BCUT2D eigenvalue weighted by molar-refractivity contribution is 14.1. The molecule has 0 saturated carbocycles. The van der Waals surface area contributed by atoms with E-state index >= 15 is 0 Å². The highest BCUT2D eigenvalue weighted by Crippen LogP contribution is 2.32. The molecule has 0 unspecified atom stereocenters. The number of esters is 1. The first kappa shape index (κ1) is 28.7. The van der Waals surface area contributed by atoms with Gasteiger partial charge < -0.3 is 9.47 Å². The molecule has 2 heterocycles. The van der Waals surface area contributed by atoms with Gasteiger partial charge in [-0.1, -0.05) is 78.4 Å². The van der Waals surface area contributed by atoms with Crippen LogP contribution in [0.5, 0.6) is 5.75 Å². The average Bonchev–Trinajstić information content (AvgIpc) is 3.25. The van der Waals surface area contributed by atoms with Gasteiger partial charge in [-0.2, -0.15) is 0 Å². The lowest BCUT2D eigenvalue weighted by atomic mass is 9.95. The van der Waals surface area contributed by atoms with Gasteiger partial charge in [0.15, 0.2) is 4.80 Å². The molecule has 0 N–H and O–H groups in total. The fourth-order valence-electron chi connectivity index (χ4n) is 4.72. The molecule has 3 aromatic carbocycles. The number of allylic oxidation sites excluding steroid dienone is 1. The van der Waals surface area contributed by atoms with Gasteiger partial charge in [-0.05, 0) is 93.4 Å². The Balaban J connectivity index is 1.57. The zero-order valence-corrected chi connectivity index (χ0v) is 27.2. The summed E-state index contributed by atoms with van der Waals surface area (Å²) in [5.41, 5.74) is 4.86. The second-order valence-corrected chi connectivity index (χ2v) is 12.6. The van der Waals surface area contributed by atoms with E-state index in [1.165, 1.54) is 24.0 Å². The van der Waals surface area contributed by atoms with Gasteiger partial charge in [-0.15, -0.1) is 0 Å². The molecule has 204 valence electrons. The Labute approximate surface area is 263 Å². The minimum absolute atomic E-state index is 0.195. The predicted octanol–water partition coefficient (Wildman–Crippen LogP) is 5.89. The van der Waals surface area contributed by atoms with Crippen LogP contribution in [0.15, 0.2) is 87.8 Å². The summed E-state index contributed by atoms with van der Waals surface area (Å²) < 4.78 is 15.4. The first-order valence-electron chi connectivity index (χ1n) is 12.7. The molecule has 1 aliphatic rings. The maximum Gasteiger partial charge on any atom is 0.338 e. The number of aromatic nitrogens is 1. The third kappa shape index (κ3) is 5.82. The number of rotatable bonds is 7. The molecule has 0 radical (unpaired) electrons. The van der Waals surface area contributed by atoms with E-state index in [1.807, 2.05) is 61.5 Å². The van der Waals surface area contributed by atoms with Gasteiger partial charge in [-0.3, -0.25) is 9.36 Å². The second kappa shape index (κ2) is 12.4. The lowest BCUT2D eigenvalue weighted by Gasteiger charge is -2.25. The molecule has 9 heteroatoms. The molecule has 0 amide bonds. The zero-order chi connectivity index (χ0) is 28.4. The first-order chi connectivity index (χ1) is 19.3. The Morgan fingerprint density at radius 3 is 2.45 bits per heavy atom. The normalized spacial score (nSPS) is 15.0. The molecular weight excluding hydrogens is 750 g/mol. The molecule has 0 fully saturated rings. The largest absolute Gasteiger partial charge is 0.487 e. The second-order valence-electron chi connectivity index (χ2n) is 9.29. The van der Waals surface area contributed by atoms with Crippen LogP contribution >= 0.6 is 56.5 Å². The molecule has 40 heavy (non-hydrogen) atoms. The van der Waals surface area contributed by atoms with E-state index < -0.39 is 12.0 Å². The number of ether oxygens (including phenoxy) is 2. The number of aryl methyl sites for hydroxylation is 1. The summed E-state index contributed by atoms with van der Waals surface area (Å²) >= 11 is 5.88. The van der Waals surface area contributed by atoms with E-state index in [0.717, 1.165) is 29.6 Å². The van der Waals surface area contributed by atoms with Crippen molar-refractivity contribution in [2.75, 3.05) is 7.11 Å². The van der Waals surface area contributed by atoms with E-state index in [4.69, 9.17) is 14.5 Å². The molecule has 1 aromatic heterocycles. The number of hydrogen-bond donors (Lipinski definition) is 0. The topological polar surface area (TPSA) is 69.9 Å². The van der Waals surface area contributed by atoms with Crippen LogP contribution in [-0.4, -0.2) is 17.6 Å². The number of methoxy groups -OCH3 is 1. The molecule has 1 atom stereocenters. The zero-order valence-electron chi connectivity index (χ0n) is 22.1. The smallest absolute Gasteiger partial charge is 0.338 e. The molecule has 0 saturated heterocycles. The molecule has 6 nitrogen and oxygen atoms in total. The van der Waals surface area contributed by atoms with Crippen LogP contribution in [0.25, 0.3) is 6.08 Å². The number of thiazole rings is 1. The summed E-state index contributed by atoms with van der Waals surface area (Å²) in [6.45, 7) is 4.50. The fraction of sp³-hybridized carbons (Fsp3) is 0.194. The van der Waals surface area contributed by atoms with Crippen molar-refractivity contribution in [3.63, 3.8) is 0 Å². The Hall–Kier alpha value is -2.77. The Morgan fingerprint density at radius 2 is 1.80 bits per heavy atom. The van der Waals surface area contributed by atoms with Crippen LogP contribution in [0, 0.1) is 14.1 Å². The molecule has 5 rings (SSSR count). The molecule has 0 aliphatic carbocycles. The minimum atomic E-state index is -0.611. The average molecular weight is 776 g/mol. The lowest BCUT2D eigenvalue weighted by Crippen LogP contribution is -2.40. The number of benzene rings is 3. The highest BCUT2D eigenvalue weighted by atomic mass is 127. The molecular formula is C31H26I2N2O4S. The summed E-state index contributed by atoms with van der Waals surface area (Å²) in [6, 6.07) is 21.2. The van der Waals surface area contributed by atoms with Gasteiger partial charge in [0, 0.05) is 0 Å². The van der Waals surface area contributed by atoms with E-state index in [9.17, 15) is 9.59 Å². The van der Waals surface area contributed by atoms with Gasteiger partial charge in [0.1, 0.15) is 12.4 Å². The van der Waals surface area contributed by atoms with Crippen molar-refractivity contribution in [1.82, 2.24) is 4.57 Å². The summed E-state index contributed by atoms with van der Waals surface area (Å²) in [4.78, 5) is 32.1. The Kier molecular flexibility index (Phi) is 8.91. The Morgan fingerprint density at radius 1 is 1.07 bits per heavy atom. The van der Waals surface area contributed by atoms with Crippen molar-refractivity contribution >= 4 is 68.6 Å². The molecule has 4 aromatic rings. The van der Waals surface area contributed by atoms with Crippen LogP contribution in [0.3, 0.4) is 0 Å². The van der Waals surface area contributed by atoms with E-state index in [1.54, 1.807) is 4.57 Å². The van der Waals surface area contributed by atoms with Crippen molar-refractivity contribution in [2.24, 2.45) is 4.99 Å². The SMILES string of the molecule is CCC1=C(C(=O)OC)[C@@H](c2ccccc2)n2c(s/c(=C\c3cc(I)c(OCc4cccc(C)c4)c(I)c3)c2=O)=N1. The summed E-state index contributed by atoms with van der Waals surface area (Å²) in [6.07, 6.45) is 2.42. The number of fused-ring (bicyclic) bond motifs is 1. The number of carbonyl (C=O) groups excluding carboxylic acids is 1. The number of hydrogen-bond acceptors (Lipinski definition) is 6. The highest BCUT2D eigenvalue weighted by Gasteiger charge is 2.33. The van der Waals surface area contributed by atoms with Crippen LogP contribution in [0.2, 0.25) is 0 Å². The van der Waals surface area contributed by atoms with Gasteiger partial charge >= 0.3 is 5.97 Å². The third-order valence-electron chi connectivity index (χ3n) is 6.55. The first-order valence-corrected chi connectivity index (χ1v) is 15.6. The van der Waals surface area contributed by atoms with Gasteiger partial charge in [0.2, 0.25) is 0 Å². The van der Waals surface area contributed by atoms with Crippen LogP contribution in [0.1, 0.15) is 41.6 Å². The predicted molar refractivity (Wildman–Crippen MR) is 174 cm³/mol. The van der Waals surface area contributed by atoms with Gasteiger partial charge in [-0.25, -0.2) is 9.79 Å². The monoisotopic (exact) mass is 776 g/mol. The quantitative estimate of drug-likeness (QED) is 0.174. The van der Waals surface area contributed by atoms with E-state index in [2.05, 4.69) is 70.3 Å². The van der Waals surface area contributed by atoms with Crippen molar-refractivity contribution in [1.29, 1.82) is 0 Å². The van der Waals surface area contributed by atoms with E-state index in [-0.39, 0.29) is 5.56 Å². The van der Waals surface area contributed by atoms with Gasteiger partial charge in [0.25, 0.3) is 5.56 Å². The number of halogens is 2. The fourth-order valence-corrected chi connectivity index (χ4v) is 7.87. The van der Waals surface area contributed by atoms with Crippen LogP contribution in [0.4, 0.5) is 0 Å². The van der Waals surface area contributed by atoms with Crippen molar-refractivity contribution in [2.45, 2.75) is 32.9 Å². The lowest BCUT2D eigenvalue weighted by molar-refractivity contribution is -0.136. The van der Waals surface area contributed by atoms with Crippen molar-refractivity contribution in [3.05, 3.63) is 127 Å². The standard InChI is InChI=1S/C31H26I2N2O4S/c1-4-24-26(30(37)38-3)27(21-11-6-5-7-12-21)35-29(36)25(40-31(35)34-24)16-20-14-22(32)28(23(33)15-20)39-17-19-10-8-9-18(2)13-19/h5-16,27H,4,17H2,1-3H3/b25-16-/t27-/m1/s1. The molecule has 0 spiro atoms. The summed E-state index contributed by atoms with van der Waals surface area (Å²) in [7, 11) is 1.35. The van der Waals surface area contributed by atoms with Gasteiger partial charge in [0.05, 0.1) is 36.1 Å². The summed E-state index contributed by atoms with van der Waals surface area (Å²) in [5.74, 6) is 0.342. The van der Waals surface area contributed by atoms with Crippen molar-refractivity contribution in [3.8, 4) is 5.75 Å². The van der Waals surface area contributed by atoms with E-state index in [0.29, 0.717) is 33.6 Å². The maximum absolute atomic E-state index is 13.9. The minimum Gasteiger partial charge on any atom is -0.487 e. The Bertz CT molecular complexity index is 1790. The molecule has 1 aliphatic heterocycles. The molecule has 0 bridgehead atoms. The third-order valence-corrected chi connectivity index (χ3v) is 9.14. The maximum atomic E-state index is 13.9. The number of nitrogens with zero attached hydrogens (tertiary/aromatic N) is 2. The summed E-state index contributed by atoms with van der Waals surface area (Å²) in [5, 5.41) is 0. The van der Waals surface area contributed by atoms with Crippen LogP contribution < -0.4 is 19.6 Å².